The van der Waals surface area contributed by atoms with Crippen LogP contribution in [-0.2, 0) is 4.74 Å². The van der Waals surface area contributed by atoms with Gasteiger partial charge in [-0.3, -0.25) is 0 Å². The smallest absolute Gasteiger partial charge is 0.357 e. The number of benzene rings is 1. The van der Waals surface area contributed by atoms with Crippen LogP contribution in [0.5, 0.6) is 5.75 Å². The number of rotatable bonds is 6. The van der Waals surface area contributed by atoms with Crippen molar-refractivity contribution in [2.45, 2.75) is 26.9 Å². The van der Waals surface area contributed by atoms with Crippen LogP contribution in [0.15, 0.2) is 29.6 Å². The monoisotopic (exact) mass is 306 g/mol. The second kappa shape index (κ2) is 7.08. The van der Waals surface area contributed by atoms with Gasteiger partial charge in [0.1, 0.15) is 5.75 Å². The summed E-state index contributed by atoms with van der Waals surface area (Å²) in [7, 11) is 0. The molecule has 6 heteroatoms. The Morgan fingerprint density at radius 2 is 2.05 bits per heavy atom. The number of hydrogen-bond acceptors (Lipinski definition) is 6. The lowest BCUT2D eigenvalue weighted by Crippen LogP contribution is -2.05. The first kappa shape index (κ1) is 15.3. The largest absolute Gasteiger partial charge is 0.491 e. The van der Waals surface area contributed by atoms with Gasteiger partial charge in [0.05, 0.1) is 12.7 Å². The van der Waals surface area contributed by atoms with E-state index >= 15 is 0 Å². The number of thiazole rings is 1. The molecule has 0 aliphatic heterocycles. The molecule has 0 radical (unpaired) electrons. The number of aromatic nitrogens is 1. The van der Waals surface area contributed by atoms with Crippen molar-refractivity contribution >= 4 is 28.1 Å². The molecule has 0 fully saturated rings. The standard InChI is InChI=1S/C15H18N2O3S/c1-4-19-14(18)13-9-21-15(17-13)16-11-5-7-12(8-6-11)20-10(2)3/h5-10H,4H2,1-3H3,(H,16,17). The molecule has 112 valence electrons. The molecule has 1 aromatic heterocycles. The minimum atomic E-state index is -0.400. The lowest BCUT2D eigenvalue weighted by molar-refractivity contribution is 0.0520. The first-order valence-corrected chi connectivity index (χ1v) is 7.63. The Balaban J connectivity index is 2.00. The summed E-state index contributed by atoms with van der Waals surface area (Å²) in [5.41, 5.74) is 1.21. The Hall–Kier alpha value is -2.08. The van der Waals surface area contributed by atoms with Crippen LogP contribution in [0.25, 0.3) is 0 Å². The molecule has 1 heterocycles. The average Bonchev–Trinajstić information content (AvgIpc) is 2.89. The third-order valence-corrected chi connectivity index (χ3v) is 3.22. The lowest BCUT2D eigenvalue weighted by Gasteiger charge is -2.10. The Kier molecular flexibility index (Phi) is 5.16. The minimum Gasteiger partial charge on any atom is -0.491 e. The van der Waals surface area contributed by atoms with Crippen molar-refractivity contribution in [2.75, 3.05) is 11.9 Å². The molecule has 21 heavy (non-hydrogen) atoms. The lowest BCUT2D eigenvalue weighted by atomic mass is 10.3. The maximum Gasteiger partial charge on any atom is 0.357 e. The van der Waals surface area contributed by atoms with Crippen molar-refractivity contribution < 1.29 is 14.3 Å². The number of nitrogens with one attached hydrogen (secondary N) is 1. The summed E-state index contributed by atoms with van der Waals surface area (Å²) >= 11 is 1.36. The van der Waals surface area contributed by atoms with Crippen LogP contribution in [0.2, 0.25) is 0 Å². The van der Waals surface area contributed by atoms with Gasteiger partial charge in [0.2, 0.25) is 0 Å². The van der Waals surface area contributed by atoms with E-state index in [1.54, 1.807) is 12.3 Å². The highest BCUT2D eigenvalue weighted by Gasteiger charge is 2.11. The van der Waals surface area contributed by atoms with Gasteiger partial charge in [-0.1, -0.05) is 0 Å². The third-order valence-electron chi connectivity index (χ3n) is 2.47. The molecule has 1 aromatic carbocycles. The molecule has 0 amide bonds. The molecule has 0 atom stereocenters. The van der Waals surface area contributed by atoms with Crippen LogP contribution in [-0.4, -0.2) is 23.7 Å². The van der Waals surface area contributed by atoms with Crippen molar-refractivity contribution in [1.29, 1.82) is 0 Å². The average molecular weight is 306 g/mol. The number of nitrogens with zero attached hydrogens (tertiary/aromatic N) is 1. The summed E-state index contributed by atoms with van der Waals surface area (Å²) in [5, 5.41) is 5.47. The molecule has 0 unspecified atom stereocenters. The predicted molar refractivity (Wildman–Crippen MR) is 83.6 cm³/mol. The fourth-order valence-corrected chi connectivity index (χ4v) is 2.34. The number of ether oxygens (including phenoxy) is 2. The van der Waals surface area contributed by atoms with Crippen LogP contribution in [0, 0.1) is 0 Å². The summed E-state index contributed by atoms with van der Waals surface area (Å²) in [4.78, 5) is 15.7. The van der Waals surface area contributed by atoms with Gasteiger partial charge >= 0.3 is 5.97 Å². The zero-order chi connectivity index (χ0) is 15.2. The van der Waals surface area contributed by atoms with Gasteiger partial charge in [-0.2, -0.15) is 0 Å². The maximum atomic E-state index is 11.5. The van der Waals surface area contributed by atoms with E-state index in [1.165, 1.54) is 11.3 Å². The van der Waals surface area contributed by atoms with Crippen LogP contribution in [0.3, 0.4) is 0 Å². The van der Waals surface area contributed by atoms with E-state index in [1.807, 2.05) is 38.1 Å². The number of carbonyl (C=O) groups is 1. The van der Waals surface area contributed by atoms with Gasteiger partial charge in [-0.25, -0.2) is 9.78 Å². The topological polar surface area (TPSA) is 60.5 Å². The first-order chi connectivity index (χ1) is 10.1. The SMILES string of the molecule is CCOC(=O)c1csc(Nc2ccc(OC(C)C)cc2)n1. The van der Waals surface area contributed by atoms with E-state index in [2.05, 4.69) is 10.3 Å². The normalized spacial score (nSPS) is 10.5. The summed E-state index contributed by atoms with van der Waals surface area (Å²) in [6.45, 7) is 6.08. The van der Waals surface area contributed by atoms with Crippen molar-refractivity contribution in [3.05, 3.63) is 35.3 Å². The molecule has 2 aromatic rings. The van der Waals surface area contributed by atoms with Gasteiger partial charge in [0.15, 0.2) is 10.8 Å². The number of hydrogen-bond donors (Lipinski definition) is 1. The van der Waals surface area contributed by atoms with E-state index in [9.17, 15) is 4.79 Å². The molecule has 5 nitrogen and oxygen atoms in total. The zero-order valence-electron chi connectivity index (χ0n) is 12.3. The molecule has 0 saturated carbocycles. The van der Waals surface area contributed by atoms with E-state index in [4.69, 9.17) is 9.47 Å². The highest BCUT2D eigenvalue weighted by atomic mass is 32.1. The van der Waals surface area contributed by atoms with Gasteiger partial charge < -0.3 is 14.8 Å². The van der Waals surface area contributed by atoms with Gasteiger partial charge in [0.25, 0.3) is 0 Å². The van der Waals surface area contributed by atoms with Crippen LogP contribution in [0.4, 0.5) is 10.8 Å². The first-order valence-electron chi connectivity index (χ1n) is 6.75. The van der Waals surface area contributed by atoms with Crippen LogP contribution < -0.4 is 10.1 Å². The number of anilines is 2. The summed E-state index contributed by atoms with van der Waals surface area (Å²) < 4.78 is 10.5. The Bertz CT molecular complexity index is 593. The van der Waals surface area contributed by atoms with Crippen LogP contribution >= 0.6 is 11.3 Å². The maximum absolute atomic E-state index is 11.5. The predicted octanol–water partition coefficient (Wildman–Crippen LogP) is 3.85. The minimum absolute atomic E-state index is 0.148. The number of esters is 1. The summed E-state index contributed by atoms with van der Waals surface area (Å²) in [6, 6.07) is 7.59. The Morgan fingerprint density at radius 3 is 2.67 bits per heavy atom. The molecule has 2 rings (SSSR count). The zero-order valence-corrected chi connectivity index (χ0v) is 13.1. The van der Waals surface area contributed by atoms with E-state index in [-0.39, 0.29) is 6.10 Å². The fourth-order valence-electron chi connectivity index (χ4n) is 1.64. The Morgan fingerprint density at radius 1 is 1.33 bits per heavy atom. The number of carbonyl (C=O) groups excluding carboxylic acids is 1. The molecule has 0 aliphatic carbocycles. The van der Waals surface area contributed by atoms with Gasteiger partial charge in [-0.15, -0.1) is 11.3 Å². The second-order valence-corrected chi connectivity index (χ2v) is 5.43. The summed E-state index contributed by atoms with van der Waals surface area (Å²) in [5.74, 6) is 0.421. The molecule has 0 saturated heterocycles. The van der Waals surface area contributed by atoms with Crippen molar-refractivity contribution in [1.82, 2.24) is 4.98 Å². The molecule has 1 N–H and O–H groups in total. The summed E-state index contributed by atoms with van der Waals surface area (Å²) in [6.07, 6.45) is 0.148. The van der Waals surface area contributed by atoms with Crippen molar-refractivity contribution in [2.24, 2.45) is 0 Å². The molecule has 0 aliphatic rings. The highest BCUT2D eigenvalue weighted by molar-refractivity contribution is 7.14. The van der Waals surface area contributed by atoms with E-state index in [0.29, 0.717) is 17.4 Å². The van der Waals surface area contributed by atoms with Gasteiger partial charge in [0, 0.05) is 11.1 Å². The highest BCUT2D eigenvalue weighted by Crippen LogP contribution is 2.23. The fraction of sp³-hybridized carbons (Fsp3) is 0.333. The van der Waals surface area contributed by atoms with Crippen molar-refractivity contribution in [3.8, 4) is 5.75 Å². The quantitative estimate of drug-likeness (QED) is 0.821. The molecule has 0 spiro atoms. The molecular formula is C15H18N2O3S. The van der Waals surface area contributed by atoms with Crippen LogP contribution in [0.1, 0.15) is 31.3 Å². The Labute approximate surface area is 127 Å². The van der Waals surface area contributed by atoms with Crippen molar-refractivity contribution in [3.63, 3.8) is 0 Å². The second-order valence-electron chi connectivity index (χ2n) is 4.57. The van der Waals surface area contributed by atoms with Gasteiger partial charge in [-0.05, 0) is 45.0 Å². The third kappa shape index (κ3) is 4.46. The van der Waals surface area contributed by atoms with E-state index < -0.39 is 5.97 Å². The molecule has 0 bridgehead atoms. The molecular weight excluding hydrogens is 288 g/mol. The van der Waals surface area contributed by atoms with E-state index in [0.717, 1.165) is 11.4 Å².